The monoisotopic (exact) mass is 294 g/mol. The molecule has 0 radical (unpaired) electrons. The first-order valence-electron chi connectivity index (χ1n) is 8.85. The maximum Gasteiger partial charge on any atom is 0.109 e. The molecule has 0 amide bonds. The Morgan fingerprint density at radius 1 is 1.38 bits per heavy atom. The fourth-order valence-corrected chi connectivity index (χ4v) is 3.35. The van der Waals surface area contributed by atoms with Crippen LogP contribution in [0.15, 0.2) is 0 Å². The Morgan fingerprint density at radius 3 is 2.71 bits per heavy atom. The van der Waals surface area contributed by atoms with Crippen LogP contribution in [0.2, 0.25) is 0 Å². The lowest BCUT2D eigenvalue weighted by molar-refractivity contribution is -0.0116. The number of hydrogen-bond donors (Lipinski definition) is 1. The third-order valence-electron chi connectivity index (χ3n) is 4.60. The predicted octanol–water partition coefficient (Wildman–Crippen LogP) is 4.42. The van der Waals surface area contributed by atoms with E-state index in [2.05, 4.69) is 39.1 Å². The Kier molecular flexibility index (Phi) is 8.29. The zero-order valence-electron chi connectivity index (χ0n) is 14.5. The molecule has 1 rings (SSSR count). The third kappa shape index (κ3) is 6.36. The normalized spacial score (nSPS) is 27.5. The minimum Gasteiger partial charge on any atom is -0.378 e. The number of nitrogens with one attached hydrogen (secondary N) is 1. The molecule has 1 N–H and O–H groups in total. The van der Waals surface area contributed by atoms with Crippen LogP contribution in [0.5, 0.6) is 0 Å². The summed E-state index contributed by atoms with van der Waals surface area (Å²) in [5.41, 5.74) is -0.373. The standard InChI is InChI=1S/C18H34N2O/c1-5-7-9-16(6-2)13-21-17-10-8-11-18(12-17,14-19)20-15(3)4/h15-17,20H,5-13H2,1-4H3. The summed E-state index contributed by atoms with van der Waals surface area (Å²) in [6.07, 6.45) is 9.25. The van der Waals surface area contributed by atoms with E-state index in [-0.39, 0.29) is 11.6 Å². The Labute approximate surface area is 131 Å². The van der Waals surface area contributed by atoms with E-state index in [1.807, 2.05) is 0 Å². The molecule has 3 nitrogen and oxygen atoms in total. The van der Waals surface area contributed by atoms with Crippen molar-refractivity contribution in [2.24, 2.45) is 5.92 Å². The molecule has 3 unspecified atom stereocenters. The van der Waals surface area contributed by atoms with E-state index in [1.165, 1.54) is 25.7 Å². The molecule has 0 aromatic carbocycles. The second-order valence-electron chi connectivity index (χ2n) is 6.96. The van der Waals surface area contributed by atoms with Crippen LogP contribution in [0.25, 0.3) is 0 Å². The molecule has 0 saturated heterocycles. The minimum absolute atomic E-state index is 0.250. The van der Waals surface area contributed by atoms with Gasteiger partial charge in [0.1, 0.15) is 5.54 Å². The number of rotatable bonds is 9. The Morgan fingerprint density at radius 2 is 2.14 bits per heavy atom. The first kappa shape index (κ1) is 18.5. The summed E-state index contributed by atoms with van der Waals surface area (Å²) in [4.78, 5) is 0. The van der Waals surface area contributed by atoms with E-state index < -0.39 is 0 Å². The van der Waals surface area contributed by atoms with Gasteiger partial charge >= 0.3 is 0 Å². The molecule has 0 aliphatic heterocycles. The van der Waals surface area contributed by atoms with E-state index in [0.717, 1.165) is 32.3 Å². The first-order chi connectivity index (χ1) is 10.0. The minimum atomic E-state index is -0.373. The Bertz CT molecular complexity index is 324. The molecular weight excluding hydrogens is 260 g/mol. The fourth-order valence-electron chi connectivity index (χ4n) is 3.35. The van der Waals surface area contributed by atoms with Crippen molar-refractivity contribution in [2.45, 2.75) is 96.7 Å². The van der Waals surface area contributed by atoms with E-state index in [9.17, 15) is 5.26 Å². The van der Waals surface area contributed by atoms with Crippen molar-refractivity contribution in [3.8, 4) is 6.07 Å². The molecule has 1 aliphatic rings. The molecule has 0 aromatic heterocycles. The predicted molar refractivity (Wildman–Crippen MR) is 88.1 cm³/mol. The SMILES string of the molecule is CCCCC(CC)COC1CCCC(C#N)(NC(C)C)C1. The first-order valence-corrected chi connectivity index (χ1v) is 8.85. The van der Waals surface area contributed by atoms with E-state index in [1.54, 1.807) is 0 Å². The quantitative estimate of drug-likeness (QED) is 0.684. The van der Waals surface area contributed by atoms with Crippen molar-refractivity contribution in [3.63, 3.8) is 0 Å². The van der Waals surface area contributed by atoms with Crippen LogP contribution in [-0.4, -0.2) is 24.3 Å². The second-order valence-corrected chi connectivity index (χ2v) is 6.96. The highest BCUT2D eigenvalue weighted by atomic mass is 16.5. The lowest BCUT2D eigenvalue weighted by atomic mass is 9.80. The summed E-state index contributed by atoms with van der Waals surface area (Å²) in [7, 11) is 0. The average Bonchev–Trinajstić information content (AvgIpc) is 2.47. The molecule has 0 bridgehead atoms. The number of hydrogen-bond acceptors (Lipinski definition) is 3. The van der Waals surface area contributed by atoms with Gasteiger partial charge in [-0.25, -0.2) is 0 Å². The van der Waals surface area contributed by atoms with Crippen LogP contribution in [0.3, 0.4) is 0 Å². The van der Waals surface area contributed by atoms with Gasteiger partial charge in [-0.1, -0.05) is 33.1 Å². The van der Waals surface area contributed by atoms with Gasteiger partial charge in [0.05, 0.1) is 12.2 Å². The highest BCUT2D eigenvalue weighted by Gasteiger charge is 2.37. The lowest BCUT2D eigenvalue weighted by Gasteiger charge is -2.38. The number of unbranched alkanes of at least 4 members (excludes halogenated alkanes) is 1. The lowest BCUT2D eigenvalue weighted by Crippen LogP contribution is -2.52. The van der Waals surface area contributed by atoms with Crippen molar-refractivity contribution < 1.29 is 4.74 Å². The summed E-state index contributed by atoms with van der Waals surface area (Å²) >= 11 is 0. The van der Waals surface area contributed by atoms with Crippen LogP contribution in [0.4, 0.5) is 0 Å². The summed E-state index contributed by atoms with van der Waals surface area (Å²) in [6, 6.07) is 2.87. The largest absolute Gasteiger partial charge is 0.378 e. The van der Waals surface area contributed by atoms with Crippen LogP contribution in [0, 0.1) is 17.2 Å². The van der Waals surface area contributed by atoms with Gasteiger partial charge in [0.25, 0.3) is 0 Å². The van der Waals surface area contributed by atoms with Gasteiger partial charge in [0, 0.05) is 19.1 Å². The second kappa shape index (κ2) is 9.43. The highest BCUT2D eigenvalue weighted by Crippen LogP contribution is 2.31. The van der Waals surface area contributed by atoms with Gasteiger partial charge in [-0.2, -0.15) is 5.26 Å². The average molecular weight is 294 g/mol. The molecule has 0 spiro atoms. The summed E-state index contributed by atoms with van der Waals surface area (Å²) in [5, 5.41) is 13.0. The maximum absolute atomic E-state index is 9.58. The zero-order chi connectivity index (χ0) is 15.7. The van der Waals surface area contributed by atoms with Gasteiger partial charge in [0.15, 0.2) is 0 Å². The topological polar surface area (TPSA) is 45.0 Å². The molecule has 0 heterocycles. The molecule has 1 aliphatic carbocycles. The molecule has 0 aromatic rings. The molecule has 3 atom stereocenters. The van der Waals surface area contributed by atoms with Gasteiger partial charge in [0.2, 0.25) is 0 Å². The van der Waals surface area contributed by atoms with Gasteiger partial charge in [-0.05, 0) is 45.4 Å². The van der Waals surface area contributed by atoms with Crippen LogP contribution in [-0.2, 0) is 4.74 Å². The van der Waals surface area contributed by atoms with E-state index >= 15 is 0 Å². The maximum atomic E-state index is 9.58. The summed E-state index contributed by atoms with van der Waals surface area (Å²) < 4.78 is 6.18. The smallest absolute Gasteiger partial charge is 0.109 e. The fraction of sp³-hybridized carbons (Fsp3) is 0.944. The van der Waals surface area contributed by atoms with Crippen molar-refractivity contribution in [3.05, 3.63) is 0 Å². The van der Waals surface area contributed by atoms with Gasteiger partial charge < -0.3 is 4.74 Å². The zero-order valence-corrected chi connectivity index (χ0v) is 14.5. The van der Waals surface area contributed by atoms with Gasteiger partial charge in [-0.3, -0.25) is 5.32 Å². The van der Waals surface area contributed by atoms with E-state index in [4.69, 9.17) is 4.74 Å². The summed E-state index contributed by atoms with van der Waals surface area (Å²) in [6.45, 7) is 9.59. The van der Waals surface area contributed by atoms with Gasteiger partial charge in [-0.15, -0.1) is 0 Å². The van der Waals surface area contributed by atoms with Crippen molar-refractivity contribution >= 4 is 0 Å². The number of ether oxygens (including phenoxy) is 1. The van der Waals surface area contributed by atoms with Crippen LogP contribution < -0.4 is 5.32 Å². The number of nitrogens with zero attached hydrogens (tertiary/aromatic N) is 1. The van der Waals surface area contributed by atoms with Crippen molar-refractivity contribution in [1.29, 1.82) is 5.26 Å². The molecule has 21 heavy (non-hydrogen) atoms. The molecule has 1 fully saturated rings. The summed E-state index contributed by atoms with van der Waals surface area (Å²) in [5.74, 6) is 0.682. The van der Waals surface area contributed by atoms with Crippen LogP contribution >= 0.6 is 0 Å². The molecule has 3 heteroatoms. The van der Waals surface area contributed by atoms with E-state index in [0.29, 0.717) is 12.0 Å². The van der Waals surface area contributed by atoms with Crippen molar-refractivity contribution in [1.82, 2.24) is 5.32 Å². The van der Waals surface area contributed by atoms with Crippen molar-refractivity contribution in [2.75, 3.05) is 6.61 Å². The Balaban J connectivity index is 2.46. The van der Waals surface area contributed by atoms with Crippen LogP contribution in [0.1, 0.15) is 79.1 Å². The third-order valence-corrected chi connectivity index (χ3v) is 4.60. The molecule has 122 valence electrons. The number of nitriles is 1. The molecule has 1 saturated carbocycles. The molecular formula is C18H34N2O. The highest BCUT2D eigenvalue weighted by molar-refractivity contribution is 5.10. The Hall–Kier alpha value is -0.590.